The number of piperidine rings is 1. The fourth-order valence-electron chi connectivity index (χ4n) is 3.15. The Kier molecular flexibility index (Phi) is 4.66. The van der Waals surface area contributed by atoms with Crippen molar-refractivity contribution in [1.82, 2.24) is 20.0 Å². The number of anilines is 1. The van der Waals surface area contributed by atoms with E-state index in [1.54, 1.807) is 28.7 Å². The van der Waals surface area contributed by atoms with E-state index in [4.69, 9.17) is 4.52 Å². The van der Waals surface area contributed by atoms with Gasteiger partial charge in [-0.2, -0.15) is 4.98 Å². The van der Waals surface area contributed by atoms with Gasteiger partial charge in [-0.25, -0.2) is 9.78 Å². The van der Waals surface area contributed by atoms with E-state index in [0.29, 0.717) is 18.3 Å². The number of carbonyl (C=O) groups excluding carboxylic acids is 1. The Balaban J connectivity index is 1.47. The molecule has 4 rings (SSSR count). The van der Waals surface area contributed by atoms with Gasteiger partial charge in [0.15, 0.2) is 5.82 Å². The topological polar surface area (TPSA) is 84.2 Å². The van der Waals surface area contributed by atoms with Crippen LogP contribution in [0.4, 0.5) is 10.5 Å². The maximum atomic E-state index is 12.8. The van der Waals surface area contributed by atoms with Crippen molar-refractivity contribution < 1.29 is 9.32 Å². The van der Waals surface area contributed by atoms with E-state index in [0.717, 1.165) is 36.2 Å². The predicted molar refractivity (Wildman–Crippen MR) is 98.9 cm³/mol. The Labute approximate surface area is 155 Å². The van der Waals surface area contributed by atoms with E-state index in [2.05, 4.69) is 20.4 Å². The largest absolute Gasteiger partial charge is 0.337 e. The van der Waals surface area contributed by atoms with E-state index >= 15 is 0 Å². The first-order chi connectivity index (χ1) is 12.7. The highest BCUT2D eigenvalue weighted by atomic mass is 32.1. The molecule has 1 aliphatic heterocycles. The van der Waals surface area contributed by atoms with Gasteiger partial charge in [-0.15, -0.1) is 11.3 Å². The van der Waals surface area contributed by atoms with Gasteiger partial charge in [-0.3, -0.25) is 0 Å². The number of hydrogen-bond donors (Lipinski definition) is 1. The molecule has 7 nitrogen and oxygen atoms in total. The van der Waals surface area contributed by atoms with Crippen LogP contribution in [0.25, 0.3) is 11.3 Å². The van der Waals surface area contributed by atoms with Crippen LogP contribution in [-0.4, -0.2) is 32.6 Å². The number of rotatable bonds is 3. The Bertz CT molecular complexity index is 875. The number of amides is 2. The minimum Gasteiger partial charge on any atom is -0.337 e. The highest BCUT2D eigenvalue weighted by molar-refractivity contribution is 7.07. The summed E-state index contributed by atoms with van der Waals surface area (Å²) in [5, 5.41) is 8.82. The minimum absolute atomic E-state index is 0.146. The number of nitrogens with one attached hydrogen (secondary N) is 1. The molecule has 2 aromatic heterocycles. The molecule has 1 atom stereocenters. The first kappa shape index (κ1) is 16.7. The lowest BCUT2D eigenvalue weighted by Gasteiger charge is -2.33. The summed E-state index contributed by atoms with van der Waals surface area (Å²) in [4.78, 5) is 23.2. The van der Waals surface area contributed by atoms with Crippen molar-refractivity contribution in [2.24, 2.45) is 0 Å². The smallest absolute Gasteiger partial charge is 0.322 e. The fraction of sp³-hybridized carbons (Fsp3) is 0.333. The van der Waals surface area contributed by atoms with Gasteiger partial charge in [-0.1, -0.05) is 17.3 Å². The predicted octanol–water partition coefficient (Wildman–Crippen LogP) is 4.26. The van der Waals surface area contributed by atoms with Crippen molar-refractivity contribution in [1.29, 1.82) is 0 Å². The standard InChI is InChI=1S/C18H19N5O2S/c1-12-20-17(25-22-12)16-4-2-3-9-23(16)18(24)21-14-7-5-13(6-8-14)15-10-26-11-19-15/h5-8,10-11,16H,2-4,9H2,1H3,(H,21,24)/t16-/m1/s1. The van der Waals surface area contributed by atoms with E-state index in [-0.39, 0.29) is 12.1 Å². The molecule has 26 heavy (non-hydrogen) atoms. The van der Waals surface area contributed by atoms with Crippen molar-refractivity contribution in [2.75, 3.05) is 11.9 Å². The second kappa shape index (κ2) is 7.25. The number of nitrogens with zero attached hydrogens (tertiary/aromatic N) is 4. The van der Waals surface area contributed by atoms with Crippen molar-refractivity contribution in [2.45, 2.75) is 32.2 Å². The first-order valence-corrected chi connectivity index (χ1v) is 9.51. The Morgan fingerprint density at radius 1 is 1.31 bits per heavy atom. The van der Waals surface area contributed by atoms with Crippen LogP contribution in [0.5, 0.6) is 0 Å². The fourth-order valence-corrected chi connectivity index (χ4v) is 3.72. The monoisotopic (exact) mass is 369 g/mol. The van der Waals surface area contributed by atoms with E-state index in [9.17, 15) is 4.79 Å². The van der Waals surface area contributed by atoms with Crippen LogP contribution in [0.1, 0.15) is 37.0 Å². The molecule has 3 heterocycles. The number of hydrogen-bond acceptors (Lipinski definition) is 6. The summed E-state index contributed by atoms with van der Waals surface area (Å²) in [6.45, 7) is 2.46. The molecule has 1 aliphatic rings. The van der Waals surface area contributed by atoms with Gasteiger partial charge in [0.25, 0.3) is 0 Å². The zero-order valence-corrected chi connectivity index (χ0v) is 15.2. The van der Waals surface area contributed by atoms with Crippen LogP contribution < -0.4 is 5.32 Å². The normalized spacial score (nSPS) is 17.3. The summed E-state index contributed by atoms with van der Waals surface area (Å²) in [7, 11) is 0. The van der Waals surface area contributed by atoms with Crippen LogP contribution in [0, 0.1) is 6.92 Å². The second-order valence-electron chi connectivity index (χ2n) is 6.27. The van der Waals surface area contributed by atoms with Crippen molar-refractivity contribution in [3.63, 3.8) is 0 Å². The quantitative estimate of drug-likeness (QED) is 0.746. The highest BCUT2D eigenvalue weighted by Crippen LogP contribution is 2.30. The molecule has 1 fully saturated rings. The molecule has 0 spiro atoms. The molecule has 3 aromatic rings. The van der Waals surface area contributed by atoms with Crippen LogP contribution in [0.2, 0.25) is 0 Å². The Hall–Kier alpha value is -2.74. The highest BCUT2D eigenvalue weighted by Gasteiger charge is 2.32. The van der Waals surface area contributed by atoms with Gasteiger partial charge < -0.3 is 14.7 Å². The van der Waals surface area contributed by atoms with Gasteiger partial charge >= 0.3 is 6.03 Å². The van der Waals surface area contributed by atoms with Gasteiger partial charge in [0.05, 0.1) is 11.2 Å². The minimum atomic E-state index is -0.167. The maximum absolute atomic E-state index is 12.8. The van der Waals surface area contributed by atoms with Crippen molar-refractivity contribution in [3.8, 4) is 11.3 Å². The summed E-state index contributed by atoms with van der Waals surface area (Å²) in [5.74, 6) is 1.10. The van der Waals surface area contributed by atoms with Gasteiger partial charge in [0.1, 0.15) is 6.04 Å². The van der Waals surface area contributed by atoms with E-state index in [1.807, 2.05) is 29.6 Å². The summed E-state index contributed by atoms with van der Waals surface area (Å²) in [5.41, 5.74) is 4.53. The number of likely N-dealkylation sites (tertiary alicyclic amines) is 1. The summed E-state index contributed by atoms with van der Waals surface area (Å²) in [6.07, 6.45) is 2.84. The van der Waals surface area contributed by atoms with Crippen LogP contribution in [0.15, 0.2) is 39.7 Å². The second-order valence-corrected chi connectivity index (χ2v) is 6.98. The zero-order valence-electron chi connectivity index (χ0n) is 14.4. The van der Waals surface area contributed by atoms with Crippen molar-refractivity contribution >= 4 is 23.1 Å². The van der Waals surface area contributed by atoms with Crippen LogP contribution in [-0.2, 0) is 0 Å². The Morgan fingerprint density at radius 2 is 2.15 bits per heavy atom. The molecule has 1 aromatic carbocycles. The molecule has 0 unspecified atom stereocenters. The average molecular weight is 369 g/mol. The molecule has 1 saturated heterocycles. The third-order valence-corrected chi connectivity index (χ3v) is 5.04. The van der Waals surface area contributed by atoms with Crippen LogP contribution >= 0.6 is 11.3 Å². The lowest BCUT2D eigenvalue weighted by atomic mass is 10.0. The molecular weight excluding hydrogens is 350 g/mol. The number of thiazole rings is 1. The SMILES string of the molecule is Cc1noc([C@H]2CCCCN2C(=O)Nc2ccc(-c3cscn3)cc2)n1. The number of urea groups is 1. The lowest BCUT2D eigenvalue weighted by Crippen LogP contribution is -2.41. The molecule has 0 saturated carbocycles. The van der Waals surface area contributed by atoms with Gasteiger partial charge in [0, 0.05) is 23.2 Å². The molecule has 134 valence electrons. The lowest BCUT2D eigenvalue weighted by molar-refractivity contribution is 0.142. The molecule has 2 amide bonds. The van der Waals surface area contributed by atoms with Crippen LogP contribution in [0.3, 0.4) is 0 Å². The molecule has 0 bridgehead atoms. The number of benzene rings is 1. The van der Waals surface area contributed by atoms with Gasteiger partial charge in [0.2, 0.25) is 5.89 Å². The molecule has 1 N–H and O–H groups in total. The summed E-state index contributed by atoms with van der Waals surface area (Å²) in [6, 6.07) is 7.38. The summed E-state index contributed by atoms with van der Waals surface area (Å²) >= 11 is 1.56. The van der Waals surface area contributed by atoms with E-state index < -0.39 is 0 Å². The summed E-state index contributed by atoms with van der Waals surface area (Å²) < 4.78 is 5.30. The number of aryl methyl sites for hydroxylation is 1. The van der Waals surface area contributed by atoms with E-state index in [1.165, 1.54) is 0 Å². The third-order valence-electron chi connectivity index (χ3n) is 4.46. The molecular formula is C18H19N5O2S. The molecule has 0 aliphatic carbocycles. The van der Waals surface area contributed by atoms with Crippen molar-refractivity contribution in [3.05, 3.63) is 46.9 Å². The number of carbonyl (C=O) groups is 1. The molecule has 0 radical (unpaired) electrons. The Morgan fingerprint density at radius 3 is 2.85 bits per heavy atom. The number of aromatic nitrogens is 3. The van der Waals surface area contributed by atoms with Gasteiger partial charge in [-0.05, 0) is 38.3 Å². The average Bonchev–Trinajstić information content (AvgIpc) is 3.34. The molecule has 8 heteroatoms. The zero-order chi connectivity index (χ0) is 17.9. The first-order valence-electron chi connectivity index (χ1n) is 8.57. The maximum Gasteiger partial charge on any atom is 0.322 e. The third kappa shape index (κ3) is 3.45.